The zero-order valence-corrected chi connectivity index (χ0v) is 32.9. The Balaban J connectivity index is 1.05. The molecule has 57 heavy (non-hydrogen) atoms. The van der Waals surface area contributed by atoms with Gasteiger partial charge in [0.1, 0.15) is 18.0 Å². The number of hydrogen-bond donors (Lipinski definition) is 5. The van der Waals surface area contributed by atoms with Gasteiger partial charge < -0.3 is 40.6 Å². The molecule has 5 amide bonds. The van der Waals surface area contributed by atoms with Crippen LogP contribution in [0.5, 0.6) is 0 Å². The number of carbonyl (C=O) groups excluding carboxylic acids is 5. The number of fused-ring (bicyclic) bond motifs is 4. The summed E-state index contributed by atoms with van der Waals surface area (Å²) in [6.45, 7) is 11.8. The van der Waals surface area contributed by atoms with Crippen LogP contribution < -0.4 is 21.3 Å². The predicted molar refractivity (Wildman–Crippen MR) is 214 cm³/mol. The number of rotatable bonds is 12. The topological polar surface area (TPSA) is 171 Å². The molecular formula is C43H47FN6O7. The molecule has 14 heteroatoms. The number of halogens is 1. The van der Waals surface area contributed by atoms with Crippen molar-refractivity contribution in [2.45, 2.75) is 53.1 Å². The van der Waals surface area contributed by atoms with Gasteiger partial charge in [0.15, 0.2) is 0 Å². The Morgan fingerprint density at radius 1 is 0.877 bits per heavy atom. The van der Waals surface area contributed by atoms with Crippen LogP contribution in [-0.4, -0.2) is 84.7 Å². The number of amides is 5. The third-order valence-corrected chi connectivity index (χ3v) is 9.83. The molecule has 4 aromatic rings. The molecule has 1 aliphatic carbocycles. The van der Waals surface area contributed by atoms with E-state index in [9.17, 15) is 28.4 Å². The van der Waals surface area contributed by atoms with Gasteiger partial charge in [0.2, 0.25) is 0 Å². The lowest BCUT2D eigenvalue weighted by Crippen LogP contribution is -2.39. The van der Waals surface area contributed by atoms with Crippen molar-refractivity contribution in [1.29, 1.82) is 0 Å². The lowest BCUT2D eigenvalue weighted by molar-refractivity contribution is -0.110. The number of alkyl carbamates (subject to hydrolysis) is 1. The smallest absolute Gasteiger partial charge is 0.409 e. The fourth-order valence-electron chi connectivity index (χ4n) is 7.11. The summed E-state index contributed by atoms with van der Waals surface area (Å²) in [4.78, 5) is 69.1. The van der Waals surface area contributed by atoms with Gasteiger partial charge in [0.25, 0.3) is 17.7 Å². The van der Waals surface area contributed by atoms with E-state index in [-0.39, 0.29) is 62.0 Å². The van der Waals surface area contributed by atoms with E-state index >= 15 is 0 Å². The SMILES string of the molecule is CCN(CCNC(=O)c1c(C)[nH]c(C=C2C(=O)Nc3ccc(F)cc32)c1C)C(=O)OCC1c2ccccc2-c2ccc(C(=O)NCCNC(=O)OC(C)(C)C)cc21. The van der Waals surface area contributed by atoms with Crippen LogP contribution in [0.1, 0.15) is 88.0 Å². The number of likely N-dealkylation sites (N-methyl/N-ethyl adjacent to an activating group) is 1. The van der Waals surface area contributed by atoms with Gasteiger partial charge in [-0.1, -0.05) is 30.3 Å². The van der Waals surface area contributed by atoms with Gasteiger partial charge >= 0.3 is 12.2 Å². The average Bonchev–Trinajstić information content (AvgIpc) is 3.76. The molecule has 1 atom stereocenters. The van der Waals surface area contributed by atoms with Crippen molar-refractivity contribution in [2.75, 3.05) is 44.6 Å². The van der Waals surface area contributed by atoms with Gasteiger partial charge in [0.05, 0.1) is 11.1 Å². The molecule has 6 rings (SSSR count). The highest BCUT2D eigenvalue weighted by atomic mass is 19.1. The third kappa shape index (κ3) is 9.01. The highest BCUT2D eigenvalue weighted by molar-refractivity contribution is 6.35. The molecule has 5 N–H and O–H groups in total. The first kappa shape index (κ1) is 40.2. The molecule has 2 heterocycles. The largest absolute Gasteiger partial charge is 0.448 e. The zero-order chi connectivity index (χ0) is 41.0. The summed E-state index contributed by atoms with van der Waals surface area (Å²) in [7, 11) is 0. The second kappa shape index (κ2) is 16.7. The van der Waals surface area contributed by atoms with Crippen molar-refractivity contribution in [3.05, 3.63) is 111 Å². The molecule has 1 aliphatic heterocycles. The zero-order valence-electron chi connectivity index (χ0n) is 32.9. The Kier molecular flexibility index (Phi) is 11.8. The van der Waals surface area contributed by atoms with E-state index in [0.717, 1.165) is 22.3 Å². The lowest BCUT2D eigenvalue weighted by Gasteiger charge is -2.22. The number of nitrogens with one attached hydrogen (secondary N) is 5. The van der Waals surface area contributed by atoms with Gasteiger partial charge in [0, 0.05) is 66.8 Å². The molecule has 0 saturated heterocycles. The Hall–Kier alpha value is -6.44. The maximum absolute atomic E-state index is 14.0. The van der Waals surface area contributed by atoms with E-state index < -0.39 is 23.6 Å². The summed E-state index contributed by atoms with van der Waals surface area (Å²) in [5.74, 6) is -1.80. The second-order valence-electron chi connectivity index (χ2n) is 14.9. The standard InChI is InChI=1S/C43H47FN6O7/c1-7-50(19-18-46-40(53)37-24(2)36(48-25(37)3)22-33-32-21-27(44)13-15-35(32)49-39(33)52)42(55)56-23-34-29-11-9-8-10-28(29)30-14-12-26(20-31(30)34)38(51)45-16-17-47-41(54)57-43(4,5)6/h8-15,20-22,34,48H,7,16-19,23H2,1-6H3,(H,45,51)(H,46,53)(H,47,54)(H,49,52). The van der Waals surface area contributed by atoms with Crippen LogP contribution in [0.25, 0.3) is 22.8 Å². The average molecular weight is 779 g/mol. The first-order valence-corrected chi connectivity index (χ1v) is 18.9. The minimum atomic E-state index is -0.627. The Morgan fingerprint density at radius 2 is 1.60 bits per heavy atom. The highest BCUT2D eigenvalue weighted by Gasteiger charge is 2.31. The highest BCUT2D eigenvalue weighted by Crippen LogP contribution is 2.45. The van der Waals surface area contributed by atoms with E-state index in [1.165, 1.54) is 23.1 Å². The van der Waals surface area contributed by atoms with Crippen LogP contribution in [0.15, 0.2) is 60.7 Å². The summed E-state index contributed by atoms with van der Waals surface area (Å²) in [5, 5.41) is 11.1. The van der Waals surface area contributed by atoms with Crippen molar-refractivity contribution in [3.63, 3.8) is 0 Å². The number of anilines is 1. The molecule has 0 radical (unpaired) electrons. The molecule has 13 nitrogen and oxygen atoms in total. The number of aromatic nitrogens is 1. The van der Waals surface area contributed by atoms with Crippen molar-refractivity contribution in [2.24, 2.45) is 0 Å². The number of carbonyl (C=O) groups is 5. The third-order valence-electron chi connectivity index (χ3n) is 9.83. The maximum atomic E-state index is 14.0. The maximum Gasteiger partial charge on any atom is 0.409 e. The van der Waals surface area contributed by atoms with Crippen molar-refractivity contribution in [1.82, 2.24) is 25.8 Å². The van der Waals surface area contributed by atoms with Gasteiger partial charge in [-0.2, -0.15) is 0 Å². The van der Waals surface area contributed by atoms with Crippen LogP contribution in [0.2, 0.25) is 0 Å². The van der Waals surface area contributed by atoms with Crippen LogP contribution in [0.4, 0.5) is 19.7 Å². The Morgan fingerprint density at radius 3 is 2.35 bits per heavy atom. The van der Waals surface area contributed by atoms with E-state index in [2.05, 4.69) is 26.3 Å². The van der Waals surface area contributed by atoms with Crippen molar-refractivity contribution < 1.29 is 37.8 Å². The van der Waals surface area contributed by atoms with Gasteiger partial charge in [-0.05, 0) is 106 Å². The first-order valence-electron chi connectivity index (χ1n) is 18.9. The number of benzene rings is 3. The number of aryl methyl sites for hydroxylation is 1. The lowest BCUT2D eigenvalue weighted by atomic mass is 9.96. The van der Waals surface area contributed by atoms with Crippen LogP contribution in [0, 0.1) is 19.7 Å². The van der Waals surface area contributed by atoms with Gasteiger partial charge in [-0.25, -0.2) is 14.0 Å². The summed E-state index contributed by atoms with van der Waals surface area (Å²) < 4.78 is 25.1. The number of nitrogens with zero attached hydrogens (tertiary/aromatic N) is 1. The summed E-state index contributed by atoms with van der Waals surface area (Å²) in [6.07, 6.45) is 0.505. The molecule has 2 aliphatic rings. The monoisotopic (exact) mass is 778 g/mol. The quantitative estimate of drug-likeness (QED) is 0.0806. The minimum Gasteiger partial charge on any atom is -0.448 e. The van der Waals surface area contributed by atoms with Crippen molar-refractivity contribution in [3.8, 4) is 11.1 Å². The molecule has 0 spiro atoms. The molecule has 0 fully saturated rings. The van der Waals surface area contributed by atoms with E-state index in [4.69, 9.17) is 9.47 Å². The van der Waals surface area contributed by atoms with Gasteiger partial charge in [-0.15, -0.1) is 0 Å². The summed E-state index contributed by atoms with van der Waals surface area (Å²) in [5.41, 5.74) is 7.01. The number of aromatic amines is 1. The number of hydrogen-bond acceptors (Lipinski definition) is 7. The van der Waals surface area contributed by atoms with Crippen molar-refractivity contribution >= 4 is 47.2 Å². The summed E-state index contributed by atoms with van der Waals surface area (Å²) in [6, 6.07) is 17.4. The second-order valence-corrected chi connectivity index (χ2v) is 14.9. The Bertz CT molecular complexity index is 2270. The molecule has 3 aromatic carbocycles. The molecule has 0 bridgehead atoms. The number of ether oxygens (including phenoxy) is 2. The first-order chi connectivity index (χ1) is 27.1. The van der Waals surface area contributed by atoms with E-state index in [1.807, 2.05) is 43.3 Å². The molecule has 1 aromatic heterocycles. The van der Waals surface area contributed by atoms with E-state index in [0.29, 0.717) is 45.9 Å². The predicted octanol–water partition coefficient (Wildman–Crippen LogP) is 6.52. The van der Waals surface area contributed by atoms with Crippen LogP contribution in [0.3, 0.4) is 0 Å². The normalized spacial score (nSPS) is 14.6. The summed E-state index contributed by atoms with van der Waals surface area (Å²) >= 11 is 0. The molecule has 0 saturated carbocycles. The fourth-order valence-corrected chi connectivity index (χ4v) is 7.11. The van der Waals surface area contributed by atoms with Gasteiger partial charge in [-0.3, -0.25) is 14.4 Å². The van der Waals surface area contributed by atoms with E-state index in [1.54, 1.807) is 46.8 Å². The molecular weight excluding hydrogens is 732 g/mol. The fraction of sp³-hybridized carbons (Fsp3) is 0.326. The number of H-pyrrole nitrogens is 1. The minimum absolute atomic E-state index is 0.0335. The molecule has 1 unspecified atom stereocenters. The van der Waals surface area contributed by atoms with Crippen LogP contribution in [-0.2, 0) is 14.3 Å². The molecule has 298 valence electrons. The van der Waals surface area contributed by atoms with Crippen LogP contribution >= 0.6 is 0 Å². The Labute approximate surface area is 330 Å².